The molecule has 1 unspecified atom stereocenters. The number of guanidine groups is 1. The number of aliphatic imine (C=N–C) groups is 1. The summed E-state index contributed by atoms with van der Waals surface area (Å²) in [7, 11) is 3.12. The van der Waals surface area contributed by atoms with Crippen molar-refractivity contribution in [3.8, 4) is 0 Å². The molecule has 0 saturated carbocycles. The van der Waals surface area contributed by atoms with Crippen molar-refractivity contribution in [1.29, 1.82) is 0 Å². The van der Waals surface area contributed by atoms with E-state index in [4.69, 9.17) is 0 Å². The molecule has 0 aliphatic rings. The molecule has 22 heavy (non-hydrogen) atoms. The van der Waals surface area contributed by atoms with Crippen molar-refractivity contribution >= 4 is 35.9 Å². The van der Waals surface area contributed by atoms with E-state index in [0.717, 1.165) is 19.4 Å². The molecule has 5 nitrogen and oxygen atoms in total. The molecular weight excluding hydrogens is 393 g/mol. The van der Waals surface area contributed by atoms with E-state index >= 15 is 0 Å². The highest BCUT2D eigenvalue weighted by atomic mass is 127. The second-order valence-electron chi connectivity index (χ2n) is 4.89. The van der Waals surface area contributed by atoms with Crippen LogP contribution in [0.25, 0.3) is 0 Å². The van der Waals surface area contributed by atoms with E-state index in [1.165, 1.54) is 12.7 Å². The van der Waals surface area contributed by atoms with Gasteiger partial charge in [-0.3, -0.25) is 9.79 Å². The van der Waals surface area contributed by atoms with Crippen LogP contribution in [-0.4, -0.2) is 39.2 Å². The molecule has 0 amide bonds. The Labute approximate surface area is 149 Å². The van der Waals surface area contributed by atoms with Crippen molar-refractivity contribution < 1.29 is 9.53 Å². The molecule has 0 saturated heterocycles. The van der Waals surface area contributed by atoms with Crippen molar-refractivity contribution in [2.45, 2.75) is 19.8 Å². The molecule has 124 valence electrons. The van der Waals surface area contributed by atoms with E-state index in [9.17, 15) is 4.79 Å². The second kappa shape index (κ2) is 12.3. The monoisotopic (exact) mass is 419 g/mol. The fourth-order valence-electron chi connectivity index (χ4n) is 1.90. The molecule has 0 fully saturated rings. The van der Waals surface area contributed by atoms with Crippen molar-refractivity contribution in [3.63, 3.8) is 0 Å². The van der Waals surface area contributed by atoms with Crippen LogP contribution >= 0.6 is 24.0 Å². The molecule has 1 rings (SSSR count). The zero-order valence-electron chi connectivity index (χ0n) is 13.5. The Bertz CT molecular complexity index is 452. The maximum absolute atomic E-state index is 11.3. The van der Waals surface area contributed by atoms with Crippen LogP contribution < -0.4 is 10.6 Å². The largest absolute Gasteiger partial charge is 0.469 e. The van der Waals surface area contributed by atoms with Gasteiger partial charge < -0.3 is 15.4 Å². The van der Waals surface area contributed by atoms with Crippen molar-refractivity contribution in [2.24, 2.45) is 10.9 Å². The van der Waals surface area contributed by atoms with E-state index in [2.05, 4.69) is 44.6 Å². The fourth-order valence-corrected chi connectivity index (χ4v) is 1.90. The molecule has 0 aromatic heterocycles. The number of nitrogens with zero attached hydrogens (tertiary/aromatic N) is 1. The lowest BCUT2D eigenvalue weighted by molar-refractivity contribution is -0.144. The Morgan fingerprint density at radius 2 is 1.95 bits per heavy atom. The summed E-state index contributed by atoms with van der Waals surface area (Å²) in [6.07, 6.45) is 2.06. The zero-order chi connectivity index (χ0) is 15.5. The third-order valence-electron chi connectivity index (χ3n) is 3.18. The van der Waals surface area contributed by atoms with Gasteiger partial charge in [-0.2, -0.15) is 0 Å². The molecular formula is C16H26IN3O2. The van der Waals surface area contributed by atoms with Crippen molar-refractivity contribution in [2.75, 3.05) is 27.2 Å². The number of ether oxygens (including phenoxy) is 1. The summed E-state index contributed by atoms with van der Waals surface area (Å²) in [6.45, 7) is 3.16. The summed E-state index contributed by atoms with van der Waals surface area (Å²) >= 11 is 0. The average Bonchev–Trinajstić information content (AvgIpc) is 2.54. The Morgan fingerprint density at radius 3 is 2.55 bits per heavy atom. The number of halogens is 1. The normalized spacial score (nSPS) is 12.0. The van der Waals surface area contributed by atoms with Gasteiger partial charge in [-0.05, 0) is 18.4 Å². The second-order valence-corrected chi connectivity index (χ2v) is 4.89. The van der Waals surface area contributed by atoms with Gasteiger partial charge in [0.1, 0.15) is 0 Å². The first-order valence-electron chi connectivity index (χ1n) is 7.23. The summed E-state index contributed by atoms with van der Waals surface area (Å²) < 4.78 is 4.69. The Kier molecular flexibility index (Phi) is 11.5. The predicted molar refractivity (Wildman–Crippen MR) is 101 cm³/mol. The minimum Gasteiger partial charge on any atom is -0.469 e. The molecule has 0 radical (unpaired) electrons. The van der Waals surface area contributed by atoms with Gasteiger partial charge in [-0.25, -0.2) is 0 Å². The molecule has 1 atom stereocenters. The van der Waals surface area contributed by atoms with E-state index < -0.39 is 0 Å². The summed E-state index contributed by atoms with van der Waals surface area (Å²) in [5.74, 6) is 0.290. The highest BCUT2D eigenvalue weighted by molar-refractivity contribution is 14.0. The molecule has 0 bridgehead atoms. The van der Waals surface area contributed by atoms with E-state index in [1.807, 2.05) is 13.0 Å². The van der Waals surface area contributed by atoms with Crippen LogP contribution in [0.5, 0.6) is 0 Å². The van der Waals surface area contributed by atoms with Gasteiger partial charge in [0, 0.05) is 20.1 Å². The first-order valence-corrected chi connectivity index (χ1v) is 7.23. The van der Waals surface area contributed by atoms with Gasteiger partial charge in [-0.15, -0.1) is 24.0 Å². The van der Waals surface area contributed by atoms with Crippen LogP contribution in [0, 0.1) is 5.92 Å². The lowest BCUT2D eigenvalue weighted by atomic mass is 10.1. The van der Waals surface area contributed by atoms with Gasteiger partial charge in [0.05, 0.1) is 13.0 Å². The number of carbonyl (C=O) groups excluding carboxylic acids is 1. The van der Waals surface area contributed by atoms with Crippen molar-refractivity contribution in [1.82, 2.24) is 10.6 Å². The predicted octanol–water partition coefficient (Wildman–Crippen LogP) is 2.21. The summed E-state index contributed by atoms with van der Waals surface area (Å²) in [5, 5.41) is 6.36. The maximum atomic E-state index is 11.3. The molecule has 0 aliphatic carbocycles. The van der Waals surface area contributed by atoms with Gasteiger partial charge in [0.15, 0.2) is 5.96 Å². The highest BCUT2D eigenvalue weighted by Gasteiger charge is 2.12. The standard InChI is InChI=1S/C16H25N3O2.HI/c1-13(15(20)21-3)12-19-16(17-2)18-11-7-10-14-8-5-4-6-9-14;/h4-6,8-9,13H,7,10-12H2,1-3H3,(H2,17,18,19);1H. The summed E-state index contributed by atoms with van der Waals surface area (Å²) in [5.41, 5.74) is 1.33. The fraction of sp³-hybridized carbons (Fsp3) is 0.500. The molecule has 6 heteroatoms. The average molecular weight is 419 g/mol. The van der Waals surface area contributed by atoms with E-state index in [1.54, 1.807) is 7.05 Å². The number of esters is 1. The number of aryl methyl sites for hydroxylation is 1. The topological polar surface area (TPSA) is 62.7 Å². The molecule has 1 aromatic carbocycles. The molecule has 0 aliphatic heterocycles. The van der Waals surface area contributed by atoms with Gasteiger partial charge in [0.2, 0.25) is 0 Å². The molecule has 0 spiro atoms. The molecule has 2 N–H and O–H groups in total. The van der Waals surface area contributed by atoms with Crippen molar-refractivity contribution in [3.05, 3.63) is 35.9 Å². The van der Waals surface area contributed by atoms with Gasteiger partial charge in [0.25, 0.3) is 0 Å². The minimum atomic E-state index is -0.220. The third-order valence-corrected chi connectivity index (χ3v) is 3.18. The van der Waals surface area contributed by atoms with Crippen LogP contribution in [0.3, 0.4) is 0 Å². The van der Waals surface area contributed by atoms with Gasteiger partial charge in [-0.1, -0.05) is 37.3 Å². The Hall–Kier alpha value is -1.31. The quantitative estimate of drug-likeness (QED) is 0.234. The number of nitrogens with one attached hydrogen (secondary N) is 2. The number of benzene rings is 1. The number of carbonyl (C=O) groups is 1. The van der Waals surface area contributed by atoms with Crippen LogP contribution in [0.1, 0.15) is 18.9 Å². The SMILES string of the molecule is CN=C(NCCCc1ccccc1)NCC(C)C(=O)OC.I. The Balaban J connectivity index is 0.00000441. The number of hydrogen-bond donors (Lipinski definition) is 2. The first kappa shape index (κ1) is 20.7. The summed E-state index contributed by atoms with van der Waals surface area (Å²) in [6, 6.07) is 10.4. The number of methoxy groups -OCH3 is 1. The number of hydrogen-bond acceptors (Lipinski definition) is 3. The van der Waals surface area contributed by atoms with Crippen LogP contribution in [-0.2, 0) is 16.0 Å². The van der Waals surface area contributed by atoms with Crippen LogP contribution in [0.4, 0.5) is 0 Å². The van der Waals surface area contributed by atoms with E-state index in [-0.39, 0.29) is 35.9 Å². The van der Waals surface area contributed by atoms with Gasteiger partial charge >= 0.3 is 5.97 Å². The lowest BCUT2D eigenvalue weighted by Crippen LogP contribution is -2.41. The van der Waals surface area contributed by atoms with Crippen LogP contribution in [0.2, 0.25) is 0 Å². The third kappa shape index (κ3) is 8.21. The van der Waals surface area contributed by atoms with E-state index in [0.29, 0.717) is 12.5 Å². The Morgan fingerprint density at radius 1 is 1.27 bits per heavy atom. The molecule has 0 heterocycles. The summed E-state index contributed by atoms with van der Waals surface area (Å²) in [4.78, 5) is 15.4. The zero-order valence-corrected chi connectivity index (χ0v) is 15.8. The molecule has 1 aromatic rings. The first-order chi connectivity index (χ1) is 10.2. The number of rotatable bonds is 7. The smallest absolute Gasteiger partial charge is 0.310 e. The van der Waals surface area contributed by atoms with Crippen LogP contribution in [0.15, 0.2) is 35.3 Å². The maximum Gasteiger partial charge on any atom is 0.310 e. The lowest BCUT2D eigenvalue weighted by Gasteiger charge is -2.14. The minimum absolute atomic E-state index is 0. The highest BCUT2D eigenvalue weighted by Crippen LogP contribution is 2.01.